The number of halogens is 3. The molecule has 10 nitrogen and oxygen atoms in total. The van der Waals surface area contributed by atoms with E-state index < -0.39 is 18.3 Å². The van der Waals surface area contributed by atoms with E-state index in [0.717, 1.165) is 32.2 Å². The van der Waals surface area contributed by atoms with Crippen LogP contribution in [0.4, 0.5) is 19.1 Å². The van der Waals surface area contributed by atoms with E-state index in [-0.39, 0.29) is 36.1 Å². The number of fused-ring (bicyclic) bond motifs is 5. The van der Waals surface area contributed by atoms with E-state index in [1.54, 1.807) is 47.7 Å². The highest BCUT2D eigenvalue weighted by Crippen LogP contribution is 2.36. The quantitative estimate of drug-likeness (QED) is 0.388. The number of allylic oxidation sites excluding steroid dienone is 1. The summed E-state index contributed by atoms with van der Waals surface area (Å²) in [6.07, 6.45) is 2.54. The molecule has 3 aromatic rings. The number of hydrogen-bond acceptors (Lipinski definition) is 8. The van der Waals surface area contributed by atoms with Crippen LogP contribution in [-0.2, 0) is 12.1 Å². The van der Waals surface area contributed by atoms with Crippen molar-refractivity contribution < 1.29 is 18.3 Å². The Labute approximate surface area is 241 Å². The summed E-state index contributed by atoms with van der Waals surface area (Å²) in [4.78, 5) is 31.1. The Balaban J connectivity index is 1.27. The third-order valence-electron chi connectivity index (χ3n) is 8.81. The number of piperidine rings is 1. The zero-order chi connectivity index (χ0) is 29.8. The second kappa shape index (κ2) is 10.8. The molecule has 4 aliphatic rings. The molecule has 4 fully saturated rings. The fraction of sp³-hybridized carbons (Fsp3) is 0.586. The zero-order valence-electron chi connectivity index (χ0n) is 23.9. The molecule has 226 valence electrons. The van der Waals surface area contributed by atoms with Crippen molar-refractivity contribution in [3.05, 3.63) is 53.1 Å². The maximum atomic E-state index is 13.3. The molecule has 2 N–H and O–H groups in total. The molecule has 0 amide bonds. The predicted octanol–water partition coefficient (Wildman–Crippen LogP) is 3.29. The predicted molar refractivity (Wildman–Crippen MR) is 153 cm³/mol. The second-order valence-electron chi connectivity index (χ2n) is 12.3. The molecule has 2 bridgehead atoms. The van der Waals surface area contributed by atoms with Crippen LogP contribution in [0.15, 0.2) is 41.8 Å². The minimum atomic E-state index is -4.19. The van der Waals surface area contributed by atoms with E-state index in [1.165, 1.54) is 10.9 Å². The number of aliphatic hydroxyl groups is 1. The summed E-state index contributed by atoms with van der Waals surface area (Å²) in [5.74, 6) is 1.03. The molecular weight excluding hydrogens is 549 g/mol. The summed E-state index contributed by atoms with van der Waals surface area (Å²) in [5.41, 5.74) is -0.632. The topological polar surface area (TPSA) is 104 Å². The molecule has 3 saturated heterocycles. The summed E-state index contributed by atoms with van der Waals surface area (Å²) in [5, 5.41) is 14.3. The Hall–Kier alpha value is -3.29. The van der Waals surface area contributed by atoms with Crippen molar-refractivity contribution >= 4 is 17.0 Å². The average molecular weight is 587 g/mol. The number of rotatable bonds is 8. The third kappa shape index (κ3) is 5.57. The van der Waals surface area contributed by atoms with E-state index in [9.17, 15) is 23.1 Å². The van der Waals surface area contributed by atoms with Crippen LogP contribution < -0.4 is 10.9 Å². The zero-order valence-corrected chi connectivity index (χ0v) is 23.9. The Morgan fingerprint density at radius 3 is 2.62 bits per heavy atom. The van der Waals surface area contributed by atoms with Gasteiger partial charge in [0.15, 0.2) is 11.5 Å². The lowest BCUT2D eigenvalue weighted by Crippen LogP contribution is -2.56. The van der Waals surface area contributed by atoms with Crippen molar-refractivity contribution in [3.8, 4) is 5.82 Å². The van der Waals surface area contributed by atoms with Crippen LogP contribution in [0.2, 0.25) is 0 Å². The lowest BCUT2D eigenvalue weighted by atomic mass is 9.84. The van der Waals surface area contributed by atoms with Crippen LogP contribution >= 0.6 is 0 Å². The van der Waals surface area contributed by atoms with Gasteiger partial charge in [0, 0.05) is 44.0 Å². The largest absolute Gasteiger partial charge is 0.401 e. The van der Waals surface area contributed by atoms with Crippen LogP contribution in [-0.4, -0.2) is 89.7 Å². The van der Waals surface area contributed by atoms with Gasteiger partial charge in [0.05, 0.1) is 18.8 Å². The molecule has 6 heterocycles. The number of nitrogens with zero attached hydrogens (tertiary/aromatic N) is 7. The molecule has 0 spiro atoms. The molecule has 4 atom stereocenters. The van der Waals surface area contributed by atoms with Gasteiger partial charge in [-0.2, -0.15) is 18.2 Å². The molecular formula is C29H37F3N8O2. The molecule has 7 rings (SSSR count). The first kappa shape index (κ1) is 28.8. The molecule has 0 aromatic carbocycles. The number of alkyl halides is 3. The van der Waals surface area contributed by atoms with Crippen molar-refractivity contribution in [1.82, 2.24) is 34.1 Å². The van der Waals surface area contributed by atoms with E-state index in [0.29, 0.717) is 41.6 Å². The Morgan fingerprint density at radius 1 is 1.12 bits per heavy atom. The maximum absolute atomic E-state index is 13.3. The van der Waals surface area contributed by atoms with Crippen molar-refractivity contribution in [2.45, 2.75) is 76.0 Å². The summed E-state index contributed by atoms with van der Waals surface area (Å²) >= 11 is 0. The van der Waals surface area contributed by atoms with Gasteiger partial charge in [0.2, 0.25) is 5.95 Å². The molecule has 3 unspecified atom stereocenters. The van der Waals surface area contributed by atoms with Gasteiger partial charge >= 0.3 is 6.18 Å². The van der Waals surface area contributed by atoms with Crippen LogP contribution in [0.5, 0.6) is 0 Å². The summed E-state index contributed by atoms with van der Waals surface area (Å²) in [6, 6.07) is 5.37. The summed E-state index contributed by atoms with van der Waals surface area (Å²) in [7, 11) is 0. The van der Waals surface area contributed by atoms with Gasteiger partial charge in [0.1, 0.15) is 11.0 Å². The highest BCUT2D eigenvalue weighted by Gasteiger charge is 2.44. The van der Waals surface area contributed by atoms with Crippen LogP contribution in [0, 0.1) is 5.92 Å². The molecule has 42 heavy (non-hydrogen) atoms. The first-order valence-corrected chi connectivity index (χ1v) is 14.5. The minimum Gasteiger partial charge on any atom is -0.384 e. The maximum Gasteiger partial charge on any atom is 0.401 e. The Kier molecular flexibility index (Phi) is 7.38. The number of hydrogen-bond donors (Lipinski definition) is 2. The van der Waals surface area contributed by atoms with Gasteiger partial charge in [-0.25, -0.2) is 19.3 Å². The van der Waals surface area contributed by atoms with Crippen molar-refractivity contribution in [3.63, 3.8) is 0 Å². The van der Waals surface area contributed by atoms with Gasteiger partial charge in [-0.1, -0.05) is 12.1 Å². The molecule has 13 heteroatoms. The molecule has 3 aliphatic heterocycles. The number of aromatic nitrogens is 5. The van der Waals surface area contributed by atoms with E-state index >= 15 is 0 Å². The number of anilines is 1. The monoisotopic (exact) mass is 586 g/mol. The minimum absolute atomic E-state index is 0.0445. The lowest BCUT2D eigenvalue weighted by molar-refractivity contribution is -0.154. The van der Waals surface area contributed by atoms with Gasteiger partial charge in [-0.15, -0.1) is 6.58 Å². The van der Waals surface area contributed by atoms with Crippen molar-refractivity contribution in [2.24, 2.45) is 5.92 Å². The second-order valence-corrected chi connectivity index (χ2v) is 12.3. The fourth-order valence-electron chi connectivity index (χ4n) is 6.66. The molecule has 0 radical (unpaired) electrons. The first-order valence-electron chi connectivity index (χ1n) is 14.5. The van der Waals surface area contributed by atoms with Gasteiger partial charge in [0.25, 0.3) is 5.56 Å². The van der Waals surface area contributed by atoms with E-state index in [2.05, 4.69) is 26.8 Å². The average Bonchev–Trinajstić information content (AvgIpc) is 3.03. The van der Waals surface area contributed by atoms with Crippen molar-refractivity contribution in [2.75, 3.05) is 31.5 Å². The smallest absolute Gasteiger partial charge is 0.384 e. The highest BCUT2D eigenvalue weighted by atomic mass is 19.4. The molecule has 1 aliphatic carbocycles. The van der Waals surface area contributed by atoms with E-state index in [4.69, 9.17) is 4.98 Å². The first-order chi connectivity index (χ1) is 19.9. The summed E-state index contributed by atoms with van der Waals surface area (Å²) < 4.78 is 42.7. The fourth-order valence-corrected chi connectivity index (χ4v) is 6.66. The van der Waals surface area contributed by atoms with Gasteiger partial charge < -0.3 is 10.4 Å². The van der Waals surface area contributed by atoms with Crippen molar-refractivity contribution in [1.29, 1.82) is 0 Å². The van der Waals surface area contributed by atoms with Crippen LogP contribution in [0.3, 0.4) is 0 Å². The van der Waals surface area contributed by atoms with E-state index in [1.807, 2.05) is 0 Å². The normalized spacial score (nSPS) is 25.4. The standard InChI is InChI=1S/C29H37F3N8O2/c1-4-12-39-26(41)20-13-33-27(36-25(20)40(39)24-7-5-6-23(35-24)28(2,3)42)34-21-10-11-22(21)37-14-18-8-9-19(16-37)38(15-18)17-29(30,31)32/h4-7,13,18-19,21-22,42H,1,8-12,14-17H2,2-3H3,(H,33,34,36)/t18?,19?,21?,22-/m1/s1. The lowest BCUT2D eigenvalue weighted by Gasteiger charge is -2.45. The van der Waals surface area contributed by atoms with Crippen LogP contribution in [0.1, 0.15) is 45.2 Å². The number of nitrogens with one attached hydrogen (secondary N) is 1. The molecule has 1 saturated carbocycles. The Bertz CT molecular complexity index is 1530. The van der Waals surface area contributed by atoms with Gasteiger partial charge in [-0.3, -0.25) is 14.6 Å². The highest BCUT2D eigenvalue weighted by molar-refractivity contribution is 5.76. The number of pyridine rings is 1. The Morgan fingerprint density at radius 2 is 1.93 bits per heavy atom. The SMILES string of the molecule is C=CCn1c(=O)c2cnc(NC3CC[C@H]3N3CC4CCC(C3)N(CC(F)(F)F)C4)nc2n1-c1cccc(C(C)(C)O)n1. The molecule has 3 aromatic heterocycles. The van der Waals surface area contributed by atoms with Gasteiger partial charge in [-0.05, 0) is 57.6 Å². The summed E-state index contributed by atoms with van der Waals surface area (Å²) in [6.45, 7) is 8.37. The third-order valence-corrected chi connectivity index (χ3v) is 8.81. The van der Waals surface area contributed by atoms with Crippen LogP contribution in [0.25, 0.3) is 16.9 Å².